The van der Waals surface area contributed by atoms with Gasteiger partial charge >= 0.3 is 0 Å². The van der Waals surface area contributed by atoms with Crippen LogP contribution in [0.1, 0.15) is 5.56 Å². The number of hydrogen-bond acceptors (Lipinski definition) is 2. The van der Waals surface area contributed by atoms with E-state index in [4.69, 9.17) is 23.2 Å². The first-order valence-electron chi connectivity index (χ1n) is 7.76. The minimum absolute atomic E-state index is 0.0473. The lowest BCUT2D eigenvalue weighted by Gasteiger charge is -2.36. The van der Waals surface area contributed by atoms with Crippen LogP contribution in [0.3, 0.4) is 0 Å². The van der Waals surface area contributed by atoms with Crippen LogP contribution in [0.25, 0.3) is 0 Å². The number of rotatable bonds is 3. The normalized spacial score (nSPS) is 14.8. The smallest absolute Gasteiger partial charge is 0.227 e. The molecule has 0 radical (unpaired) electrons. The van der Waals surface area contributed by atoms with Gasteiger partial charge in [0.2, 0.25) is 5.91 Å². The van der Waals surface area contributed by atoms with Crippen molar-refractivity contribution in [3.8, 4) is 0 Å². The van der Waals surface area contributed by atoms with Crippen molar-refractivity contribution in [3.63, 3.8) is 0 Å². The van der Waals surface area contributed by atoms with E-state index in [-0.39, 0.29) is 18.1 Å². The lowest BCUT2D eigenvalue weighted by molar-refractivity contribution is -0.130. The van der Waals surface area contributed by atoms with Crippen molar-refractivity contribution in [3.05, 3.63) is 63.9 Å². The Balaban J connectivity index is 1.59. The number of hydrogen-bond donors (Lipinski definition) is 0. The molecule has 0 atom stereocenters. The number of nitrogens with zero attached hydrogens (tertiary/aromatic N) is 2. The van der Waals surface area contributed by atoms with Crippen LogP contribution in [-0.2, 0) is 11.2 Å². The predicted octanol–water partition coefficient (Wildman–Crippen LogP) is 4.02. The van der Waals surface area contributed by atoms with Crippen LogP contribution < -0.4 is 4.90 Å². The Labute approximate surface area is 150 Å². The molecule has 1 aliphatic heterocycles. The molecule has 0 aromatic heterocycles. The second-order valence-corrected chi connectivity index (χ2v) is 6.55. The SMILES string of the molecule is O=C(Cc1ccccc1F)N1CCN(c2ccc(Cl)c(Cl)c2)CC1. The van der Waals surface area contributed by atoms with Crippen molar-refractivity contribution < 1.29 is 9.18 Å². The van der Waals surface area contributed by atoms with Gasteiger partial charge in [-0.05, 0) is 29.8 Å². The second-order valence-electron chi connectivity index (χ2n) is 5.73. The summed E-state index contributed by atoms with van der Waals surface area (Å²) in [7, 11) is 0. The first-order valence-corrected chi connectivity index (χ1v) is 8.51. The fourth-order valence-electron chi connectivity index (χ4n) is 2.81. The van der Waals surface area contributed by atoms with Crippen LogP contribution in [0.5, 0.6) is 0 Å². The summed E-state index contributed by atoms with van der Waals surface area (Å²) < 4.78 is 13.7. The lowest BCUT2D eigenvalue weighted by Crippen LogP contribution is -2.49. The Bertz CT molecular complexity index is 746. The average molecular weight is 367 g/mol. The number of benzene rings is 2. The van der Waals surface area contributed by atoms with E-state index in [2.05, 4.69) is 4.90 Å². The predicted molar refractivity (Wildman–Crippen MR) is 95.4 cm³/mol. The molecular weight excluding hydrogens is 350 g/mol. The summed E-state index contributed by atoms with van der Waals surface area (Å²) in [5.74, 6) is -0.380. The molecule has 126 valence electrons. The van der Waals surface area contributed by atoms with Gasteiger partial charge < -0.3 is 9.80 Å². The molecule has 1 amide bonds. The number of anilines is 1. The summed E-state index contributed by atoms with van der Waals surface area (Å²) >= 11 is 12.0. The molecule has 0 saturated carbocycles. The molecule has 0 N–H and O–H groups in total. The molecule has 3 nitrogen and oxygen atoms in total. The molecule has 2 aromatic rings. The van der Waals surface area contributed by atoms with Gasteiger partial charge in [-0.2, -0.15) is 0 Å². The molecule has 0 aliphatic carbocycles. The van der Waals surface area contributed by atoms with Crippen molar-refractivity contribution in [2.24, 2.45) is 0 Å². The number of halogens is 3. The fourth-order valence-corrected chi connectivity index (χ4v) is 3.10. The molecule has 1 fully saturated rings. The zero-order valence-electron chi connectivity index (χ0n) is 13.0. The molecular formula is C18H17Cl2FN2O. The van der Waals surface area contributed by atoms with Crippen LogP contribution in [-0.4, -0.2) is 37.0 Å². The summed E-state index contributed by atoms with van der Waals surface area (Å²) in [6.07, 6.45) is 0.0967. The highest BCUT2D eigenvalue weighted by molar-refractivity contribution is 6.42. The van der Waals surface area contributed by atoms with Crippen LogP contribution >= 0.6 is 23.2 Å². The minimum atomic E-state index is -0.333. The lowest BCUT2D eigenvalue weighted by atomic mass is 10.1. The second kappa shape index (κ2) is 7.41. The van der Waals surface area contributed by atoms with Gasteiger partial charge in [-0.1, -0.05) is 41.4 Å². The molecule has 1 heterocycles. The molecule has 0 unspecified atom stereocenters. The van der Waals surface area contributed by atoms with Crippen LogP contribution in [0.4, 0.5) is 10.1 Å². The Morgan fingerprint density at radius 3 is 2.38 bits per heavy atom. The topological polar surface area (TPSA) is 23.6 Å². The first kappa shape index (κ1) is 17.1. The highest BCUT2D eigenvalue weighted by Crippen LogP contribution is 2.27. The van der Waals surface area contributed by atoms with Gasteiger partial charge in [-0.15, -0.1) is 0 Å². The van der Waals surface area contributed by atoms with E-state index >= 15 is 0 Å². The van der Waals surface area contributed by atoms with Crippen molar-refractivity contribution in [1.82, 2.24) is 4.90 Å². The monoisotopic (exact) mass is 366 g/mol. The zero-order chi connectivity index (χ0) is 17.1. The van der Waals surface area contributed by atoms with E-state index in [0.717, 1.165) is 5.69 Å². The molecule has 1 saturated heterocycles. The average Bonchev–Trinajstić information content (AvgIpc) is 2.59. The molecule has 0 spiro atoms. The summed E-state index contributed by atoms with van der Waals surface area (Å²) in [4.78, 5) is 16.3. The van der Waals surface area contributed by atoms with E-state index in [9.17, 15) is 9.18 Å². The molecule has 0 bridgehead atoms. The van der Waals surface area contributed by atoms with E-state index in [0.29, 0.717) is 41.8 Å². The molecule has 24 heavy (non-hydrogen) atoms. The maximum Gasteiger partial charge on any atom is 0.227 e. The largest absolute Gasteiger partial charge is 0.368 e. The molecule has 2 aromatic carbocycles. The minimum Gasteiger partial charge on any atom is -0.368 e. The van der Waals surface area contributed by atoms with Gasteiger partial charge in [0.05, 0.1) is 16.5 Å². The maximum atomic E-state index is 13.7. The zero-order valence-corrected chi connectivity index (χ0v) is 14.5. The van der Waals surface area contributed by atoms with Gasteiger partial charge in [0.15, 0.2) is 0 Å². The Kier molecular flexibility index (Phi) is 5.27. The van der Waals surface area contributed by atoms with Crippen molar-refractivity contribution >= 4 is 34.8 Å². The third-order valence-corrected chi connectivity index (χ3v) is 4.94. The van der Waals surface area contributed by atoms with Crippen molar-refractivity contribution in [1.29, 1.82) is 0 Å². The van der Waals surface area contributed by atoms with Crippen LogP contribution in [0.15, 0.2) is 42.5 Å². The Morgan fingerprint density at radius 1 is 1.00 bits per heavy atom. The Hall–Kier alpha value is -1.78. The quantitative estimate of drug-likeness (QED) is 0.818. The summed E-state index contributed by atoms with van der Waals surface area (Å²) in [5.41, 5.74) is 1.43. The maximum absolute atomic E-state index is 13.7. The summed E-state index contributed by atoms with van der Waals surface area (Å²) in [6, 6.07) is 11.9. The van der Waals surface area contributed by atoms with Gasteiger partial charge in [0.25, 0.3) is 0 Å². The first-order chi connectivity index (χ1) is 11.5. The van der Waals surface area contributed by atoms with E-state index in [1.807, 2.05) is 12.1 Å². The van der Waals surface area contributed by atoms with Gasteiger partial charge in [-0.3, -0.25) is 4.79 Å². The number of amides is 1. The molecule has 6 heteroatoms. The number of carbonyl (C=O) groups excluding carboxylic acids is 1. The summed E-state index contributed by atoms with van der Waals surface area (Å²) in [5, 5.41) is 1.05. The highest BCUT2D eigenvalue weighted by atomic mass is 35.5. The van der Waals surface area contributed by atoms with Crippen LogP contribution in [0.2, 0.25) is 10.0 Å². The van der Waals surface area contributed by atoms with Gasteiger partial charge in [0, 0.05) is 31.9 Å². The van der Waals surface area contributed by atoms with E-state index < -0.39 is 0 Å². The number of piperazine rings is 1. The van der Waals surface area contributed by atoms with Gasteiger partial charge in [0.1, 0.15) is 5.82 Å². The molecule has 1 aliphatic rings. The fraction of sp³-hybridized carbons (Fsp3) is 0.278. The standard InChI is InChI=1S/C18H17Cl2FN2O/c19-15-6-5-14(12-16(15)20)22-7-9-23(10-8-22)18(24)11-13-3-1-2-4-17(13)21/h1-6,12H,7-11H2. The highest BCUT2D eigenvalue weighted by Gasteiger charge is 2.22. The van der Waals surface area contributed by atoms with Crippen molar-refractivity contribution in [2.75, 3.05) is 31.1 Å². The van der Waals surface area contributed by atoms with Crippen LogP contribution in [0, 0.1) is 5.82 Å². The third kappa shape index (κ3) is 3.82. The third-order valence-electron chi connectivity index (χ3n) is 4.20. The van der Waals surface area contributed by atoms with E-state index in [1.165, 1.54) is 6.07 Å². The van der Waals surface area contributed by atoms with Gasteiger partial charge in [-0.25, -0.2) is 4.39 Å². The van der Waals surface area contributed by atoms with Crippen molar-refractivity contribution in [2.45, 2.75) is 6.42 Å². The Morgan fingerprint density at radius 2 is 1.71 bits per heavy atom. The summed E-state index contributed by atoms with van der Waals surface area (Å²) in [6.45, 7) is 2.63. The van der Waals surface area contributed by atoms with E-state index in [1.54, 1.807) is 29.2 Å². The molecule has 3 rings (SSSR count). The number of carbonyl (C=O) groups is 1.